The van der Waals surface area contributed by atoms with Crippen LogP contribution in [0.4, 0.5) is 0 Å². The Morgan fingerprint density at radius 1 is 1.71 bits per heavy atom. The Morgan fingerprint density at radius 3 is 3.00 bits per heavy atom. The van der Waals surface area contributed by atoms with Crippen molar-refractivity contribution in [2.75, 3.05) is 5.75 Å². The average molecular weight is 213 g/mol. The molecule has 1 rings (SSSR count). The van der Waals surface area contributed by atoms with Gasteiger partial charge in [0.2, 0.25) is 0 Å². The summed E-state index contributed by atoms with van der Waals surface area (Å²) in [6.45, 7) is 1.69. The number of hydrogen-bond acceptors (Lipinski definition) is 4. The number of pyridine rings is 1. The third kappa shape index (κ3) is 3.35. The van der Waals surface area contributed by atoms with E-state index in [1.165, 1.54) is 24.0 Å². The summed E-state index contributed by atoms with van der Waals surface area (Å²) in [5.74, 6) is -0.493. The quantitative estimate of drug-likeness (QED) is 0.737. The molecule has 1 aromatic rings. The van der Waals surface area contributed by atoms with Crippen LogP contribution in [0.2, 0.25) is 0 Å². The zero-order valence-electron chi connectivity index (χ0n) is 7.67. The highest BCUT2D eigenvalue weighted by atomic mass is 32.2. The molecule has 0 saturated heterocycles. The molecule has 1 aromatic heterocycles. The predicted molar refractivity (Wildman–Crippen MR) is 53.6 cm³/mol. The van der Waals surface area contributed by atoms with Gasteiger partial charge in [-0.05, 0) is 19.1 Å². The molecule has 2 N–H and O–H groups in total. The number of carbonyl (C=O) groups is 1. The zero-order chi connectivity index (χ0) is 10.6. The van der Waals surface area contributed by atoms with Crippen LogP contribution in [0.3, 0.4) is 0 Å². The Bertz CT molecular complexity index is 328. The number of thioether (sulfide) groups is 1. The highest BCUT2D eigenvalue weighted by Gasteiger charge is 2.05. The Labute approximate surface area is 86.0 Å². The average Bonchev–Trinajstić information content (AvgIpc) is 2.15. The summed E-state index contributed by atoms with van der Waals surface area (Å²) >= 11 is 1.41. The molecule has 76 valence electrons. The van der Waals surface area contributed by atoms with Gasteiger partial charge in [-0.2, -0.15) is 0 Å². The molecular weight excluding hydrogens is 202 g/mol. The van der Waals surface area contributed by atoms with Crippen molar-refractivity contribution in [1.82, 2.24) is 4.98 Å². The number of nitrogens with zero attached hydrogens (tertiary/aromatic N) is 1. The SMILES string of the molecule is CC(O)CSc1ccnc(C(=O)O)c1. The number of aliphatic hydroxyl groups is 1. The van der Waals surface area contributed by atoms with Crippen LogP contribution in [0.15, 0.2) is 23.2 Å². The normalized spacial score (nSPS) is 12.4. The topological polar surface area (TPSA) is 70.4 Å². The van der Waals surface area contributed by atoms with Crippen molar-refractivity contribution in [3.63, 3.8) is 0 Å². The maximum absolute atomic E-state index is 10.6. The number of hydrogen-bond donors (Lipinski definition) is 2. The van der Waals surface area contributed by atoms with Crippen molar-refractivity contribution in [1.29, 1.82) is 0 Å². The molecule has 4 nitrogen and oxygen atoms in total. The summed E-state index contributed by atoms with van der Waals surface area (Å²) in [6, 6.07) is 3.22. The minimum absolute atomic E-state index is 0.0283. The molecule has 1 heterocycles. The van der Waals surface area contributed by atoms with E-state index in [0.29, 0.717) is 5.75 Å². The lowest BCUT2D eigenvalue weighted by molar-refractivity contribution is 0.0690. The molecule has 0 aromatic carbocycles. The second-order valence-corrected chi connectivity index (χ2v) is 3.94. The first kappa shape index (κ1) is 11.0. The van der Waals surface area contributed by atoms with Crippen LogP contribution in [0.1, 0.15) is 17.4 Å². The number of aromatic nitrogens is 1. The van der Waals surface area contributed by atoms with Crippen LogP contribution in [-0.2, 0) is 0 Å². The first-order valence-corrected chi connectivity index (χ1v) is 5.08. The first-order chi connectivity index (χ1) is 6.59. The number of carboxylic acid groups (broad SMARTS) is 1. The lowest BCUT2D eigenvalue weighted by atomic mass is 10.3. The Morgan fingerprint density at radius 2 is 2.43 bits per heavy atom. The van der Waals surface area contributed by atoms with E-state index in [-0.39, 0.29) is 5.69 Å². The van der Waals surface area contributed by atoms with Crippen molar-refractivity contribution in [3.05, 3.63) is 24.0 Å². The predicted octanol–water partition coefficient (Wildman–Crippen LogP) is 1.25. The number of carboxylic acids is 1. The van der Waals surface area contributed by atoms with Gasteiger partial charge in [0, 0.05) is 16.8 Å². The molecule has 0 aliphatic carbocycles. The van der Waals surface area contributed by atoms with Gasteiger partial charge >= 0.3 is 5.97 Å². The summed E-state index contributed by atoms with van der Waals surface area (Å²) in [4.78, 5) is 15.1. The van der Waals surface area contributed by atoms with E-state index in [2.05, 4.69) is 4.98 Å². The van der Waals surface area contributed by atoms with Gasteiger partial charge in [0.15, 0.2) is 0 Å². The van der Waals surface area contributed by atoms with Gasteiger partial charge in [-0.3, -0.25) is 0 Å². The van der Waals surface area contributed by atoms with Gasteiger partial charge in [-0.25, -0.2) is 9.78 Å². The fraction of sp³-hybridized carbons (Fsp3) is 0.333. The molecule has 1 atom stereocenters. The first-order valence-electron chi connectivity index (χ1n) is 4.10. The van der Waals surface area contributed by atoms with Crippen LogP contribution < -0.4 is 0 Å². The Hall–Kier alpha value is -1.07. The van der Waals surface area contributed by atoms with Crippen LogP contribution >= 0.6 is 11.8 Å². The van der Waals surface area contributed by atoms with Crippen molar-refractivity contribution in [3.8, 4) is 0 Å². The van der Waals surface area contributed by atoms with Gasteiger partial charge in [0.1, 0.15) is 5.69 Å². The fourth-order valence-corrected chi connectivity index (χ4v) is 1.62. The van der Waals surface area contributed by atoms with Crippen LogP contribution in [-0.4, -0.2) is 33.0 Å². The van der Waals surface area contributed by atoms with Crippen LogP contribution in [0.25, 0.3) is 0 Å². The molecule has 0 spiro atoms. The van der Waals surface area contributed by atoms with Gasteiger partial charge in [-0.15, -0.1) is 11.8 Å². The lowest BCUT2D eigenvalue weighted by Crippen LogP contribution is -2.03. The minimum Gasteiger partial charge on any atom is -0.477 e. The second kappa shape index (κ2) is 4.97. The zero-order valence-corrected chi connectivity index (χ0v) is 8.49. The molecule has 1 unspecified atom stereocenters. The van der Waals surface area contributed by atoms with E-state index in [1.54, 1.807) is 13.0 Å². The van der Waals surface area contributed by atoms with Crippen molar-refractivity contribution in [2.24, 2.45) is 0 Å². The van der Waals surface area contributed by atoms with Gasteiger partial charge in [0.05, 0.1) is 6.10 Å². The third-order valence-corrected chi connectivity index (χ3v) is 2.68. The molecule has 0 aliphatic rings. The molecule has 0 bridgehead atoms. The monoisotopic (exact) mass is 213 g/mol. The molecule has 14 heavy (non-hydrogen) atoms. The Balaban J connectivity index is 2.69. The highest BCUT2D eigenvalue weighted by molar-refractivity contribution is 7.99. The number of aliphatic hydroxyl groups excluding tert-OH is 1. The lowest BCUT2D eigenvalue weighted by Gasteiger charge is -2.03. The van der Waals surface area contributed by atoms with Crippen LogP contribution in [0.5, 0.6) is 0 Å². The van der Waals surface area contributed by atoms with E-state index in [9.17, 15) is 4.79 Å². The van der Waals surface area contributed by atoms with Crippen molar-refractivity contribution >= 4 is 17.7 Å². The summed E-state index contributed by atoms with van der Waals surface area (Å²) in [6.07, 6.45) is 1.05. The third-order valence-electron chi connectivity index (χ3n) is 1.44. The fourth-order valence-electron chi connectivity index (χ4n) is 0.835. The molecule has 0 radical (unpaired) electrons. The molecular formula is C9H11NO3S. The van der Waals surface area contributed by atoms with Crippen LogP contribution in [0, 0.1) is 0 Å². The van der Waals surface area contributed by atoms with Gasteiger partial charge in [-0.1, -0.05) is 0 Å². The summed E-state index contributed by atoms with van der Waals surface area (Å²) in [7, 11) is 0. The summed E-state index contributed by atoms with van der Waals surface area (Å²) in [5, 5.41) is 17.7. The van der Waals surface area contributed by atoms with E-state index in [4.69, 9.17) is 10.2 Å². The van der Waals surface area contributed by atoms with Gasteiger partial charge < -0.3 is 10.2 Å². The van der Waals surface area contributed by atoms with Crippen molar-refractivity contribution in [2.45, 2.75) is 17.9 Å². The largest absolute Gasteiger partial charge is 0.477 e. The highest BCUT2D eigenvalue weighted by Crippen LogP contribution is 2.18. The molecule has 5 heteroatoms. The minimum atomic E-state index is -1.04. The maximum Gasteiger partial charge on any atom is 0.354 e. The summed E-state index contributed by atoms with van der Waals surface area (Å²) in [5.41, 5.74) is 0.0283. The number of rotatable bonds is 4. The molecule has 0 aliphatic heterocycles. The van der Waals surface area contributed by atoms with E-state index >= 15 is 0 Å². The molecule has 0 fully saturated rings. The summed E-state index contributed by atoms with van der Waals surface area (Å²) < 4.78 is 0. The van der Waals surface area contributed by atoms with Crippen molar-refractivity contribution < 1.29 is 15.0 Å². The second-order valence-electron chi connectivity index (χ2n) is 2.84. The smallest absolute Gasteiger partial charge is 0.354 e. The standard InChI is InChI=1S/C9H11NO3S/c1-6(11)5-14-7-2-3-10-8(4-7)9(12)13/h2-4,6,11H,5H2,1H3,(H,12,13). The van der Waals surface area contributed by atoms with E-state index in [1.807, 2.05) is 0 Å². The Kier molecular flexibility index (Phi) is 3.91. The maximum atomic E-state index is 10.6. The number of aromatic carboxylic acids is 1. The van der Waals surface area contributed by atoms with E-state index in [0.717, 1.165) is 4.90 Å². The van der Waals surface area contributed by atoms with E-state index < -0.39 is 12.1 Å². The molecule has 0 saturated carbocycles. The van der Waals surface area contributed by atoms with Gasteiger partial charge in [0.25, 0.3) is 0 Å². The molecule has 0 amide bonds.